The fraction of sp³-hybridized carbons (Fsp3) is 0.389. The van der Waals surface area contributed by atoms with Gasteiger partial charge in [-0.05, 0) is 43.5 Å². The Morgan fingerprint density at radius 2 is 1.79 bits per heavy atom. The van der Waals surface area contributed by atoms with Gasteiger partial charge in [0.1, 0.15) is 0 Å². The number of carbonyl (C=O) groups is 1. The zero-order chi connectivity index (χ0) is 17.5. The lowest BCUT2D eigenvalue weighted by atomic mass is 10.2. The van der Waals surface area contributed by atoms with E-state index in [-0.39, 0.29) is 5.91 Å². The highest BCUT2D eigenvalue weighted by atomic mass is 79.9. The minimum atomic E-state index is -0.00919. The van der Waals surface area contributed by atoms with Gasteiger partial charge in [-0.2, -0.15) is 0 Å². The molecule has 0 atom stereocenters. The minimum Gasteiger partial charge on any atom is -0.339 e. The molecule has 1 aromatic carbocycles. The zero-order valence-corrected chi connectivity index (χ0v) is 15.9. The Hall–Kier alpha value is -1.95. The van der Waals surface area contributed by atoms with Crippen molar-refractivity contribution in [1.29, 1.82) is 0 Å². The van der Waals surface area contributed by atoms with Crippen molar-refractivity contribution in [1.82, 2.24) is 14.9 Å². The molecular formula is C18H23BrN4O. The van der Waals surface area contributed by atoms with Crippen LogP contribution in [0.1, 0.15) is 42.6 Å². The minimum absolute atomic E-state index is 0.00919. The average Bonchev–Trinajstić information content (AvgIpc) is 2.57. The molecule has 0 fully saturated rings. The first-order chi connectivity index (χ1) is 11.5. The van der Waals surface area contributed by atoms with Gasteiger partial charge in [-0.1, -0.05) is 29.8 Å². The summed E-state index contributed by atoms with van der Waals surface area (Å²) in [4.78, 5) is 22.9. The largest absolute Gasteiger partial charge is 0.339 e. The molecule has 24 heavy (non-hydrogen) atoms. The summed E-state index contributed by atoms with van der Waals surface area (Å²) in [6, 6.07) is 5.94. The first kappa shape index (κ1) is 18.4. The summed E-state index contributed by atoms with van der Waals surface area (Å²) in [6.45, 7) is 7.66. The Balaban J connectivity index is 2.10. The van der Waals surface area contributed by atoms with Gasteiger partial charge in [-0.25, -0.2) is 9.97 Å². The molecule has 0 radical (unpaired) electrons. The second-order valence-corrected chi connectivity index (χ2v) is 6.59. The molecule has 128 valence electrons. The van der Waals surface area contributed by atoms with Crippen LogP contribution in [-0.2, 0) is 0 Å². The molecule has 0 bridgehead atoms. The lowest BCUT2D eigenvalue weighted by molar-refractivity contribution is 0.0755. The molecule has 2 rings (SSSR count). The molecule has 5 nitrogen and oxygen atoms in total. The number of aromatic nitrogens is 2. The van der Waals surface area contributed by atoms with Crippen LogP contribution in [0.2, 0.25) is 0 Å². The van der Waals surface area contributed by atoms with E-state index in [0.717, 1.165) is 41.7 Å². The van der Waals surface area contributed by atoms with E-state index < -0.39 is 0 Å². The van der Waals surface area contributed by atoms with Gasteiger partial charge >= 0.3 is 0 Å². The summed E-state index contributed by atoms with van der Waals surface area (Å²) >= 11 is 3.44. The summed E-state index contributed by atoms with van der Waals surface area (Å²) in [5, 5.41) is 3.18. The lowest BCUT2D eigenvalue weighted by Gasteiger charge is -2.21. The Bertz CT molecular complexity index is 682. The predicted octanol–water partition coefficient (Wildman–Crippen LogP) is 4.55. The van der Waals surface area contributed by atoms with Crippen LogP contribution in [0.4, 0.5) is 11.6 Å². The Kier molecular flexibility index (Phi) is 6.73. The molecular weight excluding hydrogens is 368 g/mol. The number of amides is 1. The average molecular weight is 391 g/mol. The Morgan fingerprint density at radius 3 is 2.33 bits per heavy atom. The Labute approximate surface area is 151 Å². The third-order valence-corrected chi connectivity index (χ3v) is 4.10. The molecule has 1 heterocycles. The molecule has 0 saturated heterocycles. The van der Waals surface area contributed by atoms with Crippen LogP contribution >= 0.6 is 15.9 Å². The van der Waals surface area contributed by atoms with Crippen molar-refractivity contribution in [2.24, 2.45) is 0 Å². The van der Waals surface area contributed by atoms with E-state index in [1.165, 1.54) is 0 Å². The van der Waals surface area contributed by atoms with E-state index in [4.69, 9.17) is 0 Å². The number of hydrogen-bond acceptors (Lipinski definition) is 4. The molecule has 0 aliphatic rings. The van der Waals surface area contributed by atoms with E-state index in [0.29, 0.717) is 11.5 Å². The van der Waals surface area contributed by atoms with E-state index in [1.54, 1.807) is 12.4 Å². The normalized spacial score (nSPS) is 10.5. The third-order valence-electron chi connectivity index (χ3n) is 3.61. The van der Waals surface area contributed by atoms with Crippen molar-refractivity contribution in [2.75, 3.05) is 18.4 Å². The van der Waals surface area contributed by atoms with Gasteiger partial charge < -0.3 is 10.2 Å². The molecule has 0 saturated carbocycles. The van der Waals surface area contributed by atoms with Crippen LogP contribution in [0.5, 0.6) is 0 Å². The lowest BCUT2D eigenvalue weighted by Crippen LogP contribution is -2.32. The van der Waals surface area contributed by atoms with E-state index in [1.807, 2.05) is 30.0 Å². The molecule has 2 aromatic rings. The highest BCUT2D eigenvalue weighted by Gasteiger charge is 2.15. The van der Waals surface area contributed by atoms with Crippen molar-refractivity contribution < 1.29 is 4.79 Å². The second-order valence-electron chi connectivity index (χ2n) is 5.67. The van der Waals surface area contributed by atoms with Gasteiger partial charge in [0.25, 0.3) is 5.91 Å². The number of carbonyl (C=O) groups excluding carboxylic acids is 1. The highest BCUT2D eigenvalue weighted by molar-refractivity contribution is 9.10. The number of anilines is 2. The van der Waals surface area contributed by atoms with Crippen LogP contribution in [0, 0.1) is 6.92 Å². The number of nitrogens with zero attached hydrogens (tertiary/aromatic N) is 3. The monoisotopic (exact) mass is 390 g/mol. The number of benzene rings is 1. The predicted molar refractivity (Wildman–Crippen MR) is 101 cm³/mol. The standard InChI is InChI=1S/C18H23BrN4O/c1-4-8-23(9-5-2)17(24)14-11-20-18(21-12-14)22-16-7-6-15(19)10-13(16)3/h6-7,10-12H,4-5,8-9H2,1-3H3,(H,20,21,22). The summed E-state index contributed by atoms with van der Waals surface area (Å²) in [6.07, 6.45) is 5.05. The van der Waals surface area contributed by atoms with Crippen molar-refractivity contribution in [3.8, 4) is 0 Å². The number of nitrogens with one attached hydrogen (secondary N) is 1. The smallest absolute Gasteiger partial charge is 0.256 e. The van der Waals surface area contributed by atoms with Crippen LogP contribution in [0.3, 0.4) is 0 Å². The number of aryl methyl sites for hydroxylation is 1. The molecule has 6 heteroatoms. The van der Waals surface area contributed by atoms with Crippen molar-refractivity contribution in [3.05, 3.63) is 46.2 Å². The van der Waals surface area contributed by atoms with Crippen molar-refractivity contribution in [2.45, 2.75) is 33.6 Å². The first-order valence-electron chi connectivity index (χ1n) is 8.19. The van der Waals surface area contributed by atoms with Crippen molar-refractivity contribution >= 4 is 33.5 Å². The SMILES string of the molecule is CCCN(CCC)C(=O)c1cnc(Nc2ccc(Br)cc2C)nc1. The molecule has 0 unspecified atom stereocenters. The van der Waals surface area contributed by atoms with Gasteiger partial charge in [0.2, 0.25) is 5.95 Å². The van der Waals surface area contributed by atoms with E-state index in [9.17, 15) is 4.79 Å². The quantitative estimate of drug-likeness (QED) is 0.752. The molecule has 1 amide bonds. The van der Waals surface area contributed by atoms with Gasteiger partial charge in [-0.15, -0.1) is 0 Å². The van der Waals surface area contributed by atoms with Crippen LogP contribution in [-0.4, -0.2) is 33.9 Å². The van der Waals surface area contributed by atoms with Gasteiger partial charge in [0.05, 0.1) is 5.56 Å². The topological polar surface area (TPSA) is 58.1 Å². The van der Waals surface area contributed by atoms with Crippen LogP contribution < -0.4 is 5.32 Å². The maximum atomic E-state index is 12.5. The fourth-order valence-electron chi connectivity index (χ4n) is 2.43. The van der Waals surface area contributed by atoms with Gasteiger partial charge in [0.15, 0.2) is 0 Å². The van der Waals surface area contributed by atoms with Crippen molar-refractivity contribution in [3.63, 3.8) is 0 Å². The van der Waals surface area contributed by atoms with Gasteiger partial charge in [-0.3, -0.25) is 4.79 Å². The summed E-state index contributed by atoms with van der Waals surface area (Å²) < 4.78 is 1.03. The molecule has 0 spiro atoms. The molecule has 1 N–H and O–H groups in total. The second kappa shape index (κ2) is 8.78. The summed E-state index contributed by atoms with van der Waals surface area (Å²) in [5.41, 5.74) is 2.55. The summed E-state index contributed by atoms with van der Waals surface area (Å²) in [5.74, 6) is 0.472. The Morgan fingerprint density at radius 1 is 1.17 bits per heavy atom. The zero-order valence-electron chi connectivity index (χ0n) is 14.3. The number of rotatable bonds is 7. The third kappa shape index (κ3) is 4.77. The maximum absolute atomic E-state index is 12.5. The van der Waals surface area contributed by atoms with Crippen LogP contribution in [0.25, 0.3) is 0 Å². The highest BCUT2D eigenvalue weighted by Crippen LogP contribution is 2.22. The molecule has 0 aliphatic carbocycles. The van der Waals surface area contributed by atoms with E-state index >= 15 is 0 Å². The molecule has 1 aromatic heterocycles. The first-order valence-corrected chi connectivity index (χ1v) is 8.99. The number of halogens is 1. The summed E-state index contributed by atoms with van der Waals surface area (Å²) in [7, 11) is 0. The van der Waals surface area contributed by atoms with Gasteiger partial charge in [0, 0.05) is 35.6 Å². The maximum Gasteiger partial charge on any atom is 0.256 e. The fourth-order valence-corrected chi connectivity index (χ4v) is 2.90. The van der Waals surface area contributed by atoms with E-state index in [2.05, 4.69) is 45.1 Å². The molecule has 0 aliphatic heterocycles. The van der Waals surface area contributed by atoms with Crippen LogP contribution in [0.15, 0.2) is 35.1 Å². The number of hydrogen-bond donors (Lipinski definition) is 1.